The SMILES string of the molecule is Nc1c(F)cccc1S(=O)(=O)NC1CC2CCC1O2. The smallest absolute Gasteiger partial charge is 0.243 e. The third-order valence-corrected chi connectivity index (χ3v) is 5.26. The highest BCUT2D eigenvalue weighted by atomic mass is 32.2. The van der Waals surface area contributed by atoms with Crippen molar-refractivity contribution in [1.29, 1.82) is 0 Å². The predicted molar refractivity (Wildman–Crippen MR) is 67.4 cm³/mol. The van der Waals surface area contributed by atoms with Gasteiger partial charge < -0.3 is 10.5 Å². The number of nitrogens with one attached hydrogen (secondary N) is 1. The summed E-state index contributed by atoms with van der Waals surface area (Å²) in [4.78, 5) is -0.213. The molecule has 3 unspecified atom stereocenters. The summed E-state index contributed by atoms with van der Waals surface area (Å²) in [6.45, 7) is 0. The van der Waals surface area contributed by atoms with E-state index < -0.39 is 15.8 Å². The third-order valence-electron chi connectivity index (χ3n) is 3.71. The second kappa shape index (κ2) is 4.43. The van der Waals surface area contributed by atoms with E-state index in [4.69, 9.17) is 10.5 Å². The first kappa shape index (κ1) is 12.8. The van der Waals surface area contributed by atoms with Gasteiger partial charge in [0.2, 0.25) is 10.0 Å². The highest BCUT2D eigenvalue weighted by molar-refractivity contribution is 7.89. The Bertz CT molecular complexity index is 605. The zero-order valence-corrected chi connectivity index (χ0v) is 11.0. The molecule has 19 heavy (non-hydrogen) atoms. The Labute approximate surface area is 111 Å². The van der Waals surface area contributed by atoms with Crippen LogP contribution in [0, 0.1) is 5.82 Å². The molecule has 0 aliphatic carbocycles. The lowest BCUT2D eigenvalue weighted by atomic mass is 9.96. The zero-order valence-electron chi connectivity index (χ0n) is 10.2. The maximum atomic E-state index is 13.3. The Morgan fingerprint density at radius 2 is 2.16 bits per heavy atom. The number of sulfonamides is 1. The van der Waals surface area contributed by atoms with Crippen LogP contribution in [-0.4, -0.2) is 26.7 Å². The number of benzene rings is 1. The number of nitrogen functional groups attached to an aromatic ring is 1. The van der Waals surface area contributed by atoms with E-state index in [-0.39, 0.29) is 28.8 Å². The van der Waals surface area contributed by atoms with Gasteiger partial charge in [-0.1, -0.05) is 6.07 Å². The number of anilines is 1. The molecule has 3 rings (SSSR count). The molecular formula is C12H15FN2O3S. The van der Waals surface area contributed by atoms with Gasteiger partial charge in [-0.2, -0.15) is 0 Å². The van der Waals surface area contributed by atoms with Crippen molar-refractivity contribution in [2.75, 3.05) is 5.73 Å². The molecule has 7 heteroatoms. The molecule has 5 nitrogen and oxygen atoms in total. The number of nitrogens with two attached hydrogens (primary N) is 1. The lowest BCUT2D eigenvalue weighted by molar-refractivity contribution is 0.0996. The van der Waals surface area contributed by atoms with Crippen LogP contribution >= 0.6 is 0 Å². The van der Waals surface area contributed by atoms with E-state index in [1.54, 1.807) is 0 Å². The summed E-state index contributed by atoms with van der Waals surface area (Å²) in [6, 6.07) is 3.52. The van der Waals surface area contributed by atoms with Crippen molar-refractivity contribution in [3.05, 3.63) is 24.0 Å². The number of halogens is 1. The normalized spacial score (nSPS) is 29.8. The quantitative estimate of drug-likeness (QED) is 0.812. The predicted octanol–water partition coefficient (Wildman–Crippen LogP) is 1.01. The first-order valence-electron chi connectivity index (χ1n) is 6.19. The third kappa shape index (κ3) is 2.22. The number of ether oxygens (including phenoxy) is 1. The van der Waals surface area contributed by atoms with Crippen molar-refractivity contribution < 1.29 is 17.5 Å². The van der Waals surface area contributed by atoms with Crippen LogP contribution in [0.25, 0.3) is 0 Å². The van der Waals surface area contributed by atoms with Gasteiger partial charge in [-0.15, -0.1) is 0 Å². The summed E-state index contributed by atoms with van der Waals surface area (Å²) in [5.41, 5.74) is 5.15. The maximum absolute atomic E-state index is 13.3. The van der Waals surface area contributed by atoms with Crippen molar-refractivity contribution in [3.8, 4) is 0 Å². The molecule has 104 valence electrons. The van der Waals surface area contributed by atoms with Crippen LogP contribution in [0.4, 0.5) is 10.1 Å². The molecule has 2 heterocycles. The van der Waals surface area contributed by atoms with E-state index in [1.165, 1.54) is 12.1 Å². The summed E-state index contributed by atoms with van der Waals surface area (Å²) >= 11 is 0. The Morgan fingerprint density at radius 3 is 2.79 bits per heavy atom. The molecule has 0 saturated carbocycles. The van der Waals surface area contributed by atoms with Gasteiger partial charge in [0.25, 0.3) is 0 Å². The second-order valence-corrected chi connectivity index (χ2v) is 6.67. The number of fused-ring (bicyclic) bond motifs is 2. The largest absolute Gasteiger partial charge is 0.395 e. The number of hydrogen-bond donors (Lipinski definition) is 2. The summed E-state index contributed by atoms with van der Waals surface area (Å²) in [6.07, 6.45) is 2.57. The van der Waals surface area contributed by atoms with Crippen LogP contribution in [-0.2, 0) is 14.8 Å². The van der Waals surface area contributed by atoms with Gasteiger partial charge in [-0.3, -0.25) is 0 Å². The molecule has 2 fully saturated rings. The molecule has 0 aromatic heterocycles. The fourth-order valence-electron chi connectivity index (χ4n) is 2.78. The summed E-state index contributed by atoms with van der Waals surface area (Å²) in [7, 11) is -3.81. The average Bonchev–Trinajstić information content (AvgIpc) is 2.93. The summed E-state index contributed by atoms with van der Waals surface area (Å²) < 4.78 is 45.9. The van der Waals surface area contributed by atoms with Crippen LogP contribution in [0.1, 0.15) is 19.3 Å². The minimum Gasteiger partial charge on any atom is -0.395 e. The van der Waals surface area contributed by atoms with Crippen LogP contribution in [0.3, 0.4) is 0 Å². The molecule has 2 bridgehead atoms. The summed E-state index contributed by atoms with van der Waals surface area (Å²) in [5.74, 6) is -0.730. The highest BCUT2D eigenvalue weighted by Crippen LogP contribution is 2.35. The number of rotatable bonds is 3. The molecule has 0 amide bonds. The van der Waals surface area contributed by atoms with E-state index in [0.717, 1.165) is 18.9 Å². The first-order valence-corrected chi connectivity index (χ1v) is 7.67. The number of para-hydroxylation sites is 1. The number of hydrogen-bond acceptors (Lipinski definition) is 4. The lowest BCUT2D eigenvalue weighted by Crippen LogP contribution is -2.41. The molecule has 0 radical (unpaired) electrons. The van der Waals surface area contributed by atoms with Gasteiger partial charge in [0.05, 0.1) is 23.9 Å². The first-order chi connectivity index (χ1) is 8.97. The molecule has 3 N–H and O–H groups in total. The summed E-state index contributed by atoms with van der Waals surface area (Å²) in [5, 5.41) is 0. The monoisotopic (exact) mass is 286 g/mol. The van der Waals surface area contributed by atoms with E-state index in [1.807, 2.05) is 0 Å². The zero-order chi connectivity index (χ0) is 13.6. The van der Waals surface area contributed by atoms with Gasteiger partial charge in [0.1, 0.15) is 10.7 Å². The van der Waals surface area contributed by atoms with Gasteiger partial charge >= 0.3 is 0 Å². The molecule has 1 aromatic carbocycles. The maximum Gasteiger partial charge on any atom is 0.243 e. The lowest BCUT2D eigenvalue weighted by Gasteiger charge is -2.20. The fraction of sp³-hybridized carbons (Fsp3) is 0.500. The van der Waals surface area contributed by atoms with Gasteiger partial charge in [0, 0.05) is 0 Å². The molecular weight excluding hydrogens is 271 g/mol. The van der Waals surface area contributed by atoms with Crippen LogP contribution in [0.2, 0.25) is 0 Å². The van der Waals surface area contributed by atoms with E-state index in [2.05, 4.69) is 4.72 Å². The van der Waals surface area contributed by atoms with Crippen molar-refractivity contribution >= 4 is 15.7 Å². The molecule has 1 aromatic rings. The van der Waals surface area contributed by atoms with Crippen LogP contribution in [0.5, 0.6) is 0 Å². The molecule has 3 atom stereocenters. The minimum absolute atomic E-state index is 0.0745. The standard InChI is InChI=1S/C12H15FN2O3S/c13-8-2-1-3-11(12(8)14)19(16,17)15-9-6-7-4-5-10(9)18-7/h1-3,7,9-10,15H,4-6,14H2. The van der Waals surface area contributed by atoms with E-state index in [0.29, 0.717) is 6.42 Å². The Kier molecular flexibility index (Phi) is 2.99. The Balaban J connectivity index is 1.85. The molecule has 2 aliphatic rings. The Morgan fingerprint density at radius 1 is 1.37 bits per heavy atom. The van der Waals surface area contributed by atoms with Crippen LogP contribution < -0.4 is 10.5 Å². The van der Waals surface area contributed by atoms with E-state index >= 15 is 0 Å². The average molecular weight is 286 g/mol. The van der Waals surface area contributed by atoms with Gasteiger partial charge in [-0.05, 0) is 31.4 Å². The van der Waals surface area contributed by atoms with Crippen molar-refractivity contribution in [1.82, 2.24) is 4.72 Å². The molecule has 0 spiro atoms. The van der Waals surface area contributed by atoms with Crippen molar-refractivity contribution in [2.24, 2.45) is 0 Å². The van der Waals surface area contributed by atoms with Gasteiger partial charge in [-0.25, -0.2) is 17.5 Å². The topological polar surface area (TPSA) is 81.4 Å². The molecule has 2 aliphatic heterocycles. The van der Waals surface area contributed by atoms with Crippen LogP contribution in [0.15, 0.2) is 23.1 Å². The van der Waals surface area contributed by atoms with Crippen molar-refractivity contribution in [3.63, 3.8) is 0 Å². The highest BCUT2D eigenvalue weighted by Gasteiger charge is 2.42. The Hall–Kier alpha value is -1.18. The van der Waals surface area contributed by atoms with Gasteiger partial charge in [0.15, 0.2) is 0 Å². The second-order valence-electron chi connectivity index (χ2n) is 4.99. The van der Waals surface area contributed by atoms with E-state index in [9.17, 15) is 12.8 Å². The molecule has 2 saturated heterocycles. The minimum atomic E-state index is -3.81. The van der Waals surface area contributed by atoms with Crippen molar-refractivity contribution in [2.45, 2.75) is 42.4 Å². The fourth-order valence-corrected chi connectivity index (χ4v) is 4.19.